The van der Waals surface area contributed by atoms with Crippen LogP contribution in [0.3, 0.4) is 0 Å². The molecule has 27 heavy (non-hydrogen) atoms. The van der Waals surface area contributed by atoms with Crippen LogP contribution in [-0.4, -0.2) is 9.78 Å². The second-order valence-corrected chi connectivity index (χ2v) is 6.39. The first-order valence-corrected chi connectivity index (χ1v) is 8.80. The minimum Gasteiger partial charge on any atom is -0.194 e. The molecule has 0 saturated heterocycles. The van der Waals surface area contributed by atoms with Gasteiger partial charge >= 0.3 is 5.69 Å². The monoisotopic (exact) mass is 350 g/mol. The van der Waals surface area contributed by atoms with Crippen molar-refractivity contribution >= 4 is 21.8 Å². The van der Waals surface area contributed by atoms with Crippen LogP contribution in [0.15, 0.2) is 102 Å². The van der Waals surface area contributed by atoms with Crippen molar-refractivity contribution in [1.82, 2.24) is 9.78 Å². The first kappa shape index (κ1) is 15.5. The van der Waals surface area contributed by atoms with Gasteiger partial charge in [-0.1, -0.05) is 70.4 Å². The topological polar surface area (TPSA) is 38.8 Å². The average molecular weight is 350 g/mol. The number of hydrogen-bond donors (Lipinski definition) is 0. The Bertz CT molecular complexity index is 1330. The standard InChI is InChI=1S/C23H16N3O/c27-23-25(19-11-3-1-4-12-19)22-16-18-10-8-7-9-17(18)15-21(22)24-26(23)20-13-5-2-6-14-20/h1-16H/q+1. The lowest BCUT2D eigenvalue weighted by molar-refractivity contribution is -0.589. The molecule has 128 valence electrons. The van der Waals surface area contributed by atoms with E-state index in [4.69, 9.17) is 0 Å². The number of hydrogen-bond acceptors (Lipinski definition) is 2. The predicted octanol–water partition coefficient (Wildman–Crippen LogP) is 3.82. The molecule has 1 aromatic heterocycles. The van der Waals surface area contributed by atoms with Crippen molar-refractivity contribution in [2.45, 2.75) is 0 Å². The van der Waals surface area contributed by atoms with Gasteiger partial charge in [0.25, 0.3) is 0 Å². The van der Waals surface area contributed by atoms with Gasteiger partial charge in [0, 0.05) is 0 Å². The molecule has 0 amide bonds. The van der Waals surface area contributed by atoms with Gasteiger partial charge < -0.3 is 0 Å². The zero-order chi connectivity index (χ0) is 18.2. The summed E-state index contributed by atoms with van der Waals surface area (Å²) in [5, 5.41) is 6.83. The smallest absolute Gasteiger partial charge is 0.194 e. The Morgan fingerprint density at radius 2 is 1.30 bits per heavy atom. The molecule has 0 radical (unpaired) electrons. The van der Waals surface area contributed by atoms with Gasteiger partial charge in [0.05, 0.1) is 0 Å². The summed E-state index contributed by atoms with van der Waals surface area (Å²) < 4.78 is 3.19. The molecule has 0 aliphatic carbocycles. The van der Waals surface area contributed by atoms with Crippen molar-refractivity contribution in [2.24, 2.45) is 0 Å². The molecule has 5 rings (SSSR count). The van der Waals surface area contributed by atoms with Gasteiger partial charge in [0.1, 0.15) is 5.69 Å². The molecule has 4 heteroatoms. The first-order chi connectivity index (χ1) is 13.3. The Hall–Kier alpha value is -3.79. The first-order valence-electron chi connectivity index (χ1n) is 8.80. The molecule has 1 heterocycles. The molecule has 0 unspecified atom stereocenters. The molecular formula is C23H16N3O+. The average Bonchev–Trinajstić information content (AvgIpc) is 2.73. The summed E-state index contributed by atoms with van der Waals surface area (Å²) in [6.45, 7) is 0. The summed E-state index contributed by atoms with van der Waals surface area (Å²) in [6, 6.07) is 31.4. The van der Waals surface area contributed by atoms with Gasteiger partial charge in [-0.25, -0.2) is 0 Å². The van der Waals surface area contributed by atoms with E-state index in [0.29, 0.717) is 0 Å². The zero-order valence-corrected chi connectivity index (χ0v) is 14.5. The van der Waals surface area contributed by atoms with Gasteiger partial charge in [0.2, 0.25) is 0 Å². The molecular weight excluding hydrogens is 334 g/mol. The lowest BCUT2D eigenvalue weighted by Gasteiger charge is -2.07. The molecule has 0 fully saturated rings. The third-order valence-electron chi connectivity index (χ3n) is 4.68. The number of nitrogens with zero attached hydrogens (tertiary/aromatic N) is 3. The van der Waals surface area contributed by atoms with Gasteiger partial charge in [-0.05, 0) is 47.2 Å². The second-order valence-electron chi connectivity index (χ2n) is 6.39. The SMILES string of the molecule is O=c1n(-c2ccccc2)nc2cc3ccccc3cc2[n+]1-c1ccccc1. The van der Waals surface area contributed by atoms with Crippen LogP contribution in [0.4, 0.5) is 0 Å². The maximum atomic E-state index is 13.4. The van der Waals surface area contributed by atoms with E-state index in [1.807, 2.05) is 91.0 Å². The van der Waals surface area contributed by atoms with E-state index in [-0.39, 0.29) is 5.69 Å². The van der Waals surface area contributed by atoms with Crippen LogP contribution in [0.5, 0.6) is 0 Å². The van der Waals surface area contributed by atoms with E-state index >= 15 is 0 Å². The maximum Gasteiger partial charge on any atom is 0.529 e. The third-order valence-corrected chi connectivity index (χ3v) is 4.68. The summed E-state index contributed by atoms with van der Waals surface area (Å²) >= 11 is 0. The van der Waals surface area contributed by atoms with Crippen LogP contribution in [-0.2, 0) is 0 Å². The molecule has 0 aliphatic rings. The van der Waals surface area contributed by atoms with Crippen molar-refractivity contribution in [3.63, 3.8) is 0 Å². The highest BCUT2D eigenvalue weighted by Crippen LogP contribution is 2.19. The fraction of sp³-hybridized carbons (Fsp3) is 0. The second kappa shape index (κ2) is 6.18. The summed E-state index contributed by atoms with van der Waals surface area (Å²) in [5.41, 5.74) is 2.91. The predicted molar refractivity (Wildman–Crippen MR) is 106 cm³/mol. The Labute approximate surface area is 155 Å². The minimum absolute atomic E-state index is 0.199. The maximum absolute atomic E-state index is 13.4. The van der Waals surface area contributed by atoms with E-state index in [2.05, 4.69) is 11.2 Å². The Morgan fingerprint density at radius 1 is 0.704 bits per heavy atom. The number of fused-ring (bicyclic) bond motifs is 2. The van der Waals surface area contributed by atoms with Gasteiger partial charge in [-0.2, -0.15) is 9.36 Å². The lowest BCUT2D eigenvalue weighted by atomic mass is 10.1. The van der Waals surface area contributed by atoms with E-state index in [0.717, 1.165) is 33.2 Å². The molecule has 4 aromatic carbocycles. The normalized spacial score (nSPS) is 11.1. The van der Waals surface area contributed by atoms with Crippen molar-refractivity contribution in [1.29, 1.82) is 0 Å². The number of rotatable bonds is 2. The van der Waals surface area contributed by atoms with Gasteiger partial charge in [0.15, 0.2) is 16.7 Å². The minimum atomic E-state index is -0.199. The fourth-order valence-electron chi connectivity index (χ4n) is 3.39. The number of benzene rings is 4. The summed E-state index contributed by atoms with van der Waals surface area (Å²) in [6.07, 6.45) is 0. The van der Waals surface area contributed by atoms with E-state index in [1.54, 1.807) is 4.57 Å². The largest absolute Gasteiger partial charge is 0.529 e. The highest BCUT2D eigenvalue weighted by atomic mass is 16.2. The zero-order valence-electron chi connectivity index (χ0n) is 14.5. The lowest BCUT2D eigenvalue weighted by Crippen LogP contribution is -2.53. The van der Waals surface area contributed by atoms with Crippen molar-refractivity contribution in [2.75, 3.05) is 0 Å². The van der Waals surface area contributed by atoms with Gasteiger partial charge in [-0.3, -0.25) is 0 Å². The van der Waals surface area contributed by atoms with Crippen LogP contribution >= 0.6 is 0 Å². The van der Waals surface area contributed by atoms with Crippen molar-refractivity contribution < 1.29 is 4.57 Å². The summed E-state index contributed by atoms with van der Waals surface area (Å²) in [7, 11) is 0. The molecule has 0 atom stereocenters. The number of para-hydroxylation sites is 2. The van der Waals surface area contributed by atoms with E-state index in [1.165, 1.54) is 4.68 Å². The molecule has 4 nitrogen and oxygen atoms in total. The van der Waals surface area contributed by atoms with Crippen LogP contribution in [0.25, 0.3) is 33.2 Å². The highest BCUT2D eigenvalue weighted by Gasteiger charge is 2.21. The van der Waals surface area contributed by atoms with Crippen LogP contribution in [0.2, 0.25) is 0 Å². The quantitative estimate of drug-likeness (QED) is 0.359. The highest BCUT2D eigenvalue weighted by molar-refractivity contribution is 5.93. The Morgan fingerprint density at radius 3 is 2.00 bits per heavy atom. The third kappa shape index (κ3) is 2.59. The fourth-order valence-corrected chi connectivity index (χ4v) is 3.39. The Balaban J connectivity index is 1.95. The molecule has 0 bridgehead atoms. The molecule has 5 aromatic rings. The summed E-state index contributed by atoms with van der Waals surface area (Å²) in [5.74, 6) is 0. The van der Waals surface area contributed by atoms with E-state index in [9.17, 15) is 4.79 Å². The van der Waals surface area contributed by atoms with E-state index < -0.39 is 0 Å². The van der Waals surface area contributed by atoms with Crippen LogP contribution in [0.1, 0.15) is 0 Å². The van der Waals surface area contributed by atoms with Gasteiger partial charge in [-0.15, -0.1) is 0 Å². The molecule has 0 spiro atoms. The number of aromatic nitrogens is 3. The van der Waals surface area contributed by atoms with Crippen LogP contribution in [0, 0.1) is 0 Å². The molecule has 0 aliphatic heterocycles. The summed E-state index contributed by atoms with van der Waals surface area (Å²) in [4.78, 5) is 13.4. The molecule has 0 N–H and O–H groups in total. The Kier molecular flexibility index (Phi) is 3.54. The molecule has 0 saturated carbocycles. The van der Waals surface area contributed by atoms with Crippen molar-refractivity contribution in [3.05, 3.63) is 108 Å². The van der Waals surface area contributed by atoms with Crippen molar-refractivity contribution in [3.8, 4) is 11.4 Å². The van der Waals surface area contributed by atoms with Crippen LogP contribution < -0.4 is 10.3 Å².